The molecular weight excluding hydrogens is 200 g/mol. The molecule has 3 rings (SSSR count). The average molecular weight is 220 g/mol. The topological polar surface area (TPSA) is 47.1 Å². The van der Waals surface area contributed by atoms with Gasteiger partial charge in [-0.3, -0.25) is 4.90 Å². The van der Waals surface area contributed by atoms with E-state index in [-0.39, 0.29) is 5.54 Å². The van der Waals surface area contributed by atoms with Gasteiger partial charge in [-0.25, -0.2) is 4.98 Å². The zero-order chi connectivity index (χ0) is 11.2. The van der Waals surface area contributed by atoms with E-state index in [4.69, 9.17) is 5.73 Å². The van der Waals surface area contributed by atoms with Gasteiger partial charge in [-0.2, -0.15) is 0 Å². The molecule has 1 fully saturated rings. The predicted molar refractivity (Wildman–Crippen MR) is 63.0 cm³/mol. The molecule has 16 heavy (non-hydrogen) atoms. The van der Waals surface area contributed by atoms with Crippen molar-refractivity contribution in [3.8, 4) is 0 Å². The second kappa shape index (κ2) is 3.57. The molecule has 0 unspecified atom stereocenters. The molecule has 0 atom stereocenters. The van der Waals surface area contributed by atoms with Gasteiger partial charge in [-0.05, 0) is 32.7 Å². The molecule has 1 saturated carbocycles. The number of imidazole rings is 1. The van der Waals surface area contributed by atoms with E-state index in [0.29, 0.717) is 0 Å². The Morgan fingerprint density at radius 2 is 2.25 bits per heavy atom. The lowest BCUT2D eigenvalue weighted by Crippen LogP contribution is -2.31. The van der Waals surface area contributed by atoms with E-state index in [1.165, 1.54) is 24.4 Å². The van der Waals surface area contributed by atoms with E-state index in [1.807, 2.05) is 6.20 Å². The van der Waals surface area contributed by atoms with Crippen LogP contribution in [0.3, 0.4) is 0 Å². The molecule has 2 aliphatic rings. The first kappa shape index (κ1) is 10.3. The van der Waals surface area contributed by atoms with E-state index in [0.717, 1.165) is 32.5 Å². The molecule has 2 heterocycles. The molecular formula is C12H20N4. The van der Waals surface area contributed by atoms with Gasteiger partial charge in [0.2, 0.25) is 0 Å². The third kappa shape index (κ3) is 1.87. The highest BCUT2D eigenvalue weighted by atomic mass is 15.2. The van der Waals surface area contributed by atoms with Gasteiger partial charge in [0.05, 0.1) is 6.54 Å². The first-order valence-corrected chi connectivity index (χ1v) is 6.17. The van der Waals surface area contributed by atoms with Crippen LogP contribution in [0.5, 0.6) is 0 Å². The van der Waals surface area contributed by atoms with Gasteiger partial charge >= 0.3 is 0 Å². The molecule has 0 radical (unpaired) electrons. The Hall–Kier alpha value is -0.870. The SMILES string of the molecule is CN1CCn2c(CCC3(N)CC3)cnc2C1. The zero-order valence-electron chi connectivity index (χ0n) is 9.95. The number of nitrogens with two attached hydrogens (primary N) is 1. The lowest BCUT2D eigenvalue weighted by Gasteiger charge is -2.25. The van der Waals surface area contributed by atoms with Crippen LogP contribution < -0.4 is 5.73 Å². The number of rotatable bonds is 3. The summed E-state index contributed by atoms with van der Waals surface area (Å²) in [6.45, 7) is 3.19. The first-order valence-electron chi connectivity index (χ1n) is 6.17. The average Bonchev–Trinajstić information content (AvgIpc) is 2.87. The lowest BCUT2D eigenvalue weighted by molar-refractivity contribution is 0.262. The van der Waals surface area contributed by atoms with Crippen molar-refractivity contribution >= 4 is 0 Å². The number of hydrogen-bond acceptors (Lipinski definition) is 3. The summed E-state index contributed by atoms with van der Waals surface area (Å²) in [5.41, 5.74) is 7.66. The van der Waals surface area contributed by atoms with E-state index in [2.05, 4.69) is 21.5 Å². The molecule has 0 bridgehead atoms. The van der Waals surface area contributed by atoms with Gasteiger partial charge in [0, 0.05) is 30.5 Å². The van der Waals surface area contributed by atoms with Crippen LogP contribution in [-0.2, 0) is 19.5 Å². The smallest absolute Gasteiger partial charge is 0.123 e. The van der Waals surface area contributed by atoms with Crippen LogP contribution in [0.2, 0.25) is 0 Å². The van der Waals surface area contributed by atoms with Crippen LogP contribution in [0.25, 0.3) is 0 Å². The predicted octanol–water partition coefficient (Wildman–Crippen LogP) is 0.752. The molecule has 0 saturated heterocycles. The van der Waals surface area contributed by atoms with Crippen LogP contribution in [0.15, 0.2) is 6.20 Å². The van der Waals surface area contributed by atoms with Crippen molar-refractivity contribution in [3.63, 3.8) is 0 Å². The van der Waals surface area contributed by atoms with Crippen molar-refractivity contribution in [1.29, 1.82) is 0 Å². The molecule has 1 aromatic heterocycles. The molecule has 4 heteroatoms. The molecule has 0 aromatic carbocycles. The standard InChI is InChI=1S/C12H20N4/c1-15-6-7-16-10(8-14-11(16)9-15)2-3-12(13)4-5-12/h8H,2-7,9,13H2,1H3. The molecule has 1 aliphatic carbocycles. The summed E-state index contributed by atoms with van der Waals surface area (Å²) >= 11 is 0. The van der Waals surface area contributed by atoms with Crippen molar-refractivity contribution in [1.82, 2.24) is 14.5 Å². The van der Waals surface area contributed by atoms with Crippen LogP contribution in [0.1, 0.15) is 30.8 Å². The van der Waals surface area contributed by atoms with Crippen LogP contribution >= 0.6 is 0 Å². The number of likely N-dealkylation sites (N-methyl/N-ethyl adjacent to an activating group) is 1. The van der Waals surface area contributed by atoms with Crippen molar-refractivity contribution in [2.24, 2.45) is 5.73 Å². The lowest BCUT2D eigenvalue weighted by atomic mass is 10.1. The molecule has 4 nitrogen and oxygen atoms in total. The van der Waals surface area contributed by atoms with Crippen molar-refractivity contribution in [3.05, 3.63) is 17.7 Å². The normalized spacial score (nSPS) is 23.1. The Morgan fingerprint density at radius 1 is 1.44 bits per heavy atom. The van der Waals surface area contributed by atoms with Crippen molar-refractivity contribution in [2.75, 3.05) is 13.6 Å². The Balaban J connectivity index is 1.71. The highest BCUT2D eigenvalue weighted by Gasteiger charge is 2.37. The first-order chi connectivity index (χ1) is 7.66. The minimum atomic E-state index is 0.163. The van der Waals surface area contributed by atoms with E-state index < -0.39 is 0 Å². The van der Waals surface area contributed by atoms with E-state index in [9.17, 15) is 0 Å². The minimum absolute atomic E-state index is 0.163. The van der Waals surface area contributed by atoms with Gasteiger partial charge in [0.1, 0.15) is 5.82 Å². The fraction of sp³-hybridized carbons (Fsp3) is 0.750. The monoisotopic (exact) mass is 220 g/mol. The third-order valence-corrected chi connectivity index (χ3v) is 3.91. The fourth-order valence-electron chi connectivity index (χ4n) is 2.43. The third-order valence-electron chi connectivity index (χ3n) is 3.91. The minimum Gasteiger partial charge on any atom is -0.330 e. The quantitative estimate of drug-likeness (QED) is 0.818. The summed E-state index contributed by atoms with van der Waals surface area (Å²) in [6, 6.07) is 0. The summed E-state index contributed by atoms with van der Waals surface area (Å²) in [7, 11) is 2.15. The molecule has 1 aliphatic heterocycles. The summed E-state index contributed by atoms with van der Waals surface area (Å²) in [4.78, 5) is 6.83. The summed E-state index contributed by atoms with van der Waals surface area (Å²) in [5.74, 6) is 1.21. The van der Waals surface area contributed by atoms with Gasteiger partial charge in [0.15, 0.2) is 0 Å². The van der Waals surface area contributed by atoms with Crippen LogP contribution in [0.4, 0.5) is 0 Å². The van der Waals surface area contributed by atoms with Gasteiger partial charge in [0.25, 0.3) is 0 Å². The molecule has 0 spiro atoms. The summed E-state index contributed by atoms with van der Waals surface area (Å²) < 4.78 is 2.38. The Kier molecular flexibility index (Phi) is 2.30. The van der Waals surface area contributed by atoms with E-state index >= 15 is 0 Å². The molecule has 88 valence electrons. The Morgan fingerprint density at radius 3 is 3.00 bits per heavy atom. The van der Waals surface area contributed by atoms with E-state index in [1.54, 1.807) is 0 Å². The highest BCUT2D eigenvalue weighted by molar-refractivity contribution is 5.10. The zero-order valence-corrected chi connectivity index (χ0v) is 9.95. The largest absolute Gasteiger partial charge is 0.330 e. The maximum absolute atomic E-state index is 6.12. The number of hydrogen-bond donors (Lipinski definition) is 1. The summed E-state index contributed by atoms with van der Waals surface area (Å²) in [5, 5.41) is 0. The molecule has 1 aromatic rings. The molecule has 0 amide bonds. The Labute approximate surface area is 96.4 Å². The van der Waals surface area contributed by atoms with Crippen molar-refractivity contribution < 1.29 is 0 Å². The number of aromatic nitrogens is 2. The maximum atomic E-state index is 6.12. The van der Waals surface area contributed by atoms with Crippen LogP contribution in [-0.4, -0.2) is 33.6 Å². The van der Waals surface area contributed by atoms with Gasteiger partial charge in [-0.1, -0.05) is 0 Å². The number of fused-ring (bicyclic) bond motifs is 1. The van der Waals surface area contributed by atoms with Gasteiger partial charge in [-0.15, -0.1) is 0 Å². The number of nitrogens with zero attached hydrogens (tertiary/aromatic N) is 3. The van der Waals surface area contributed by atoms with Crippen LogP contribution in [0, 0.1) is 0 Å². The highest BCUT2D eigenvalue weighted by Crippen LogP contribution is 2.36. The number of aryl methyl sites for hydroxylation is 1. The second-order valence-corrected chi connectivity index (χ2v) is 5.42. The molecule has 2 N–H and O–H groups in total. The fourth-order valence-corrected chi connectivity index (χ4v) is 2.43. The Bertz CT molecular complexity index is 392. The second-order valence-electron chi connectivity index (χ2n) is 5.42. The van der Waals surface area contributed by atoms with Gasteiger partial charge < -0.3 is 10.3 Å². The van der Waals surface area contributed by atoms with Crippen molar-refractivity contribution in [2.45, 2.75) is 44.3 Å². The summed E-state index contributed by atoms with van der Waals surface area (Å²) in [6.07, 6.45) is 6.66. The maximum Gasteiger partial charge on any atom is 0.123 e.